The number of esters is 1. The van der Waals surface area contributed by atoms with E-state index in [1.807, 2.05) is 0 Å². The molecule has 2 aliphatic heterocycles. The first-order chi connectivity index (χ1) is 17.1. The summed E-state index contributed by atoms with van der Waals surface area (Å²) in [5.41, 5.74) is 5.62. The van der Waals surface area contributed by atoms with Crippen molar-refractivity contribution in [1.29, 1.82) is 0 Å². The Labute approximate surface area is 213 Å². The molecule has 196 valence electrons. The van der Waals surface area contributed by atoms with Crippen molar-refractivity contribution < 1.29 is 43.3 Å². The first-order valence-corrected chi connectivity index (χ1v) is 12.5. The molecule has 2 aliphatic rings. The van der Waals surface area contributed by atoms with E-state index < -0.39 is 53.5 Å². The summed E-state index contributed by atoms with van der Waals surface area (Å²) in [5, 5.41) is 15.7. The van der Waals surface area contributed by atoms with Gasteiger partial charge in [-0.2, -0.15) is 0 Å². The van der Waals surface area contributed by atoms with E-state index in [1.165, 1.54) is 36.1 Å². The van der Waals surface area contributed by atoms with Crippen LogP contribution in [0.4, 0.5) is 9.93 Å². The number of carbonyl (C=O) groups is 4. The Morgan fingerprint density at radius 2 is 2.03 bits per heavy atom. The molecule has 0 saturated carbocycles. The summed E-state index contributed by atoms with van der Waals surface area (Å²) in [4.78, 5) is 55.4. The zero-order valence-corrected chi connectivity index (χ0v) is 21.4. The molecule has 0 aliphatic carbocycles. The molecule has 2 amide bonds. The minimum atomic E-state index is -1.30. The highest BCUT2D eigenvalue weighted by atomic mass is 32.2. The second-order valence-corrected chi connectivity index (χ2v) is 9.77. The lowest BCUT2D eigenvalue weighted by Gasteiger charge is -2.49. The zero-order chi connectivity index (χ0) is 26.6. The van der Waals surface area contributed by atoms with Gasteiger partial charge in [0.05, 0.1) is 12.7 Å². The number of rotatable bonds is 9. The number of β-lactam (4-membered cyclic amide) rings is 1. The predicted octanol–water partition coefficient (Wildman–Crippen LogP) is 0.655. The van der Waals surface area contributed by atoms with Crippen LogP contribution >= 0.6 is 23.1 Å². The Hall–Kier alpha value is -3.37. The zero-order valence-electron chi connectivity index (χ0n) is 19.7. The number of fused-ring (bicyclic) bond motifs is 1. The number of oxime groups is 1. The molecule has 16 heteroatoms. The van der Waals surface area contributed by atoms with Crippen LogP contribution in [-0.2, 0) is 33.3 Å². The number of thioether (sulfide) groups is 1. The second kappa shape index (κ2) is 11.6. The van der Waals surface area contributed by atoms with E-state index in [2.05, 4.69) is 15.5 Å². The molecular formula is C20H25N5O9S2. The van der Waals surface area contributed by atoms with E-state index in [-0.39, 0.29) is 23.1 Å². The smallest absolute Gasteiger partial charge is 0.431 e. The van der Waals surface area contributed by atoms with Gasteiger partial charge in [-0.25, -0.2) is 14.6 Å². The van der Waals surface area contributed by atoms with Gasteiger partial charge in [-0.3, -0.25) is 14.5 Å². The van der Waals surface area contributed by atoms with Crippen molar-refractivity contribution in [3.63, 3.8) is 0 Å². The number of aromatic nitrogens is 1. The van der Waals surface area contributed by atoms with E-state index >= 15 is 0 Å². The molecule has 0 bridgehead atoms. The highest BCUT2D eigenvalue weighted by molar-refractivity contribution is 8.00. The lowest BCUT2D eigenvalue weighted by Crippen LogP contribution is -2.71. The van der Waals surface area contributed by atoms with Crippen LogP contribution in [-0.4, -0.2) is 88.0 Å². The molecule has 1 saturated heterocycles. The number of hydrogen-bond donors (Lipinski definition) is 3. The van der Waals surface area contributed by atoms with Gasteiger partial charge >= 0.3 is 12.1 Å². The number of ether oxygens (including phenoxy) is 4. The molecule has 3 heterocycles. The summed E-state index contributed by atoms with van der Waals surface area (Å²) in [6.45, 7) is 4.63. The molecule has 36 heavy (non-hydrogen) atoms. The Kier molecular flexibility index (Phi) is 8.75. The van der Waals surface area contributed by atoms with Crippen LogP contribution in [0.5, 0.6) is 0 Å². The predicted molar refractivity (Wildman–Crippen MR) is 127 cm³/mol. The SMILES string of the molecule is COCC1=C(C(=O)OC(C)OC(=O)OC(C)C)N2C(=O)C(NC(=O)C(=NO)c3csc(N)n3)[C@@H]2SC1. The number of nitrogens with one attached hydrogen (secondary N) is 1. The molecule has 1 aromatic heterocycles. The number of hydrogen-bond acceptors (Lipinski definition) is 14. The van der Waals surface area contributed by atoms with Gasteiger partial charge in [0.1, 0.15) is 22.8 Å². The van der Waals surface area contributed by atoms with Crippen molar-refractivity contribution in [1.82, 2.24) is 15.2 Å². The number of amides is 2. The lowest BCUT2D eigenvalue weighted by molar-refractivity contribution is -0.169. The molecule has 0 spiro atoms. The fraction of sp³-hybridized carbons (Fsp3) is 0.500. The van der Waals surface area contributed by atoms with E-state index in [0.717, 1.165) is 11.3 Å². The molecule has 3 atom stereocenters. The fourth-order valence-corrected chi connectivity index (χ4v) is 5.24. The Morgan fingerprint density at radius 1 is 1.31 bits per heavy atom. The minimum absolute atomic E-state index is 0.0438. The first-order valence-electron chi connectivity index (χ1n) is 10.6. The normalized spacial score (nSPS) is 20.4. The van der Waals surface area contributed by atoms with Gasteiger partial charge in [-0.15, -0.1) is 23.1 Å². The summed E-state index contributed by atoms with van der Waals surface area (Å²) in [6.07, 6.45) is -2.74. The van der Waals surface area contributed by atoms with Crippen LogP contribution in [0.1, 0.15) is 26.5 Å². The summed E-state index contributed by atoms with van der Waals surface area (Å²) in [5.74, 6) is -2.05. The number of carbonyl (C=O) groups excluding carboxylic acids is 4. The van der Waals surface area contributed by atoms with E-state index in [1.54, 1.807) is 13.8 Å². The number of nitrogens with zero attached hydrogens (tertiary/aromatic N) is 3. The standard InChI is InChI=1S/C20H25N5O9S2/c1-8(2)32-20(29)34-9(3)33-18(28)14-10(5-31-4)6-35-17-13(16(27)25(14)17)23-15(26)12(24-30)11-7-36-19(21)22-11/h7-9,13,17,30H,5-6H2,1-4H3,(H2,21,22)(H,23,26)/t9?,13?,17-/m0/s1. The third-order valence-electron chi connectivity index (χ3n) is 4.79. The summed E-state index contributed by atoms with van der Waals surface area (Å²) < 4.78 is 20.1. The Balaban J connectivity index is 1.72. The number of methoxy groups -OCH3 is 1. The van der Waals surface area contributed by atoms with Gasteiger partial charge < -0.3 is 35.2 Å². The highest BCUT2D eigenvalue weighted by Gasteiger charge is 2.55. The number of thiazole rings is 1. The Bertz CT molecular complexity index is 1100. The van der Waals surface area contributed by atoms with E-state index in [0.29, 0.717) is 11.3 Å². The first kappa shape index (κ1) is 27.2. The summed E-state index contributed by atoms with van der Waals surface area (Å²) in [6, 6.07) is -1.02. The van der Waals surface area contributed by atoms with Crippen molar-refractivity contribution in [2.75, 3.05) is 25.2 Å². The molecule has 1 aromatic rings. The van der Waals surface area contributed by atoms with Gasteiger partial charge in [-0.05, 0) is 19.4 Å². The average molecular weight is 544 g/mol. The number of anilines is 1. The summed E-state index contributed by atoms with van der Waals surface area (Å²) >= 11 is 2.34. The molecule has 1 fully saturated rings. The van der Waals surface area contributed by atoms with Crippen molar-refractivity contribution >= 4 is 57.9 Å². The fourth-order valence-electron chi connectivity index (χ4n) is 3.36. The van der Waals surface area contributed by atoms with Crippen molar-refractivity contribution in [2.45, 2.75) is 44.6 Å². The maximum absolute atomic E-state index is 13.0. The van der Waals surface area contributed by atoms with Crippen LogP contribution in [0.15, 0.2) is 21.8 Å². The third-order valence-corrected chi connectivity index (χ3v) is 6.81. The molecule has 3 rings (SSSR count). The lowest BCUT2D eigenvalue weighted by atomic mass is 10.0. The molecular weight excluding hydrogens is 518 g/mol. The van der Waals surface area contributed by atoms with Crippen molar-refractivity contribution in [3.05, 3.63) is 22.3 Å². The largest absolute Gasteiger partial charge is 0.511 e. The maximum Gasteiger partial charge on any atom is 0.511 e. The molecule has 0 aromatic carbocycles. The van der Waals surface area contributed by atoms with Gasteiger partial charge in [-0.1, -0.05) is 5.16 Å². The molecule has 2 unspecified atom stereocenters. The quantitative estimate of drug-likeness (QED) is 0.0985. The molecule has 14 nitrogen and oxygen atoms in total. The van der Waals surface area contributed by atoms with Crippen molar-refractivity contribution in [2.24, 2.45) is 5.16 Å². The monoisotopic (exact) mass is 543 g/mol. The summed E-state index contributed by atoms with van der Waals surface area (Å²) in [7, 11) is 1.43. The minimum Gasteiger partial charge on any atom is -0.431 e. The highest BCUT2D eigenvalue weighted by Crippen LogP contribution is 2.41. The average Bonchev–Trinajstić information content (AvgIpc) is 3.22. The molecule has 0 radical (unpaired) electrons. The number of nitrogen functional groups attached to an aromatic ring is 1. The van der Waals surface area contributed by atoms with Crippen LogP contribution in [0, 0.1) is 0 Å². The van der Waals surface area contributed by atoms with E-state index in [4.69, 9.17) is 24.7 Å². The van der Waals surface area contributed by atoms with Gasteiger partial charge in [0.25, 0.3) is 11.8 Å². The number of nitrogens with two attached hydrogens (primary N) is 1. The second-order valence-electron chi connectivity index (χ2n) is 7.77. The van der Waals surface area contributed by atoms with Crippen LogP contribution < -0.4 is 11.1 Å². The Morgan fingerprint density at radius 3 is 2.61 bits per heavy atom. The maximum atomic E-state index is 13.0. The van der Waals surface area contributed by atoms with Crippen LogP contribution in [0.3, 0.4) is 0 Å². The van der Waals surface area contributed by atoms with E-state index in [9.17, 15) is 24.4 Å². The van der Waals surface area contributed by atoms with Crippen molar-refractivity contribution in [3.8, 4) is 0 Å². The van der Waals surface area contributed by atoms with Gasteiger partial charge in [0.15, 0.2) is 10.8 Å². The van der Waals surface area contributed by atoms with Crippen LogP contribution in [0.25, 0.3) is 0 Å². The topological polar surface area (TPSA) is 192 Å². The van der Waals surface area contributed by atoms with Crippen LogP contribution in [0.2, 0.25) is 0 Å². The molecule has 4 N–H and O–H groups in total. The van der Waals surface area contributed by atoms with Gasteiger partial charge in [0.2, 0.25) is 6.29 Å². The van der Waals surface area contributed by atoms with Gasteiger partial charge in [0, 0.05) is 25.2 Å². The third kappa shape index (κ3) is 5.88.